The molecule has 0 aliphatic heterocycles. The average molecular weight is 596 g/mol. The van der Waals surface area contributed by atoms with Crippen molar-refractivity contribution in [1.82, 2.24) is 0 Å². The minimum Gasteiger partial charge on any atom is -0.494 e. The van der Waals surface area contributed by atoms with Gasteiger partial charge < -0.3 is 9.84 Å². The van der Waals surface area contributed by atoms with E-state index < -0.39 is 13.2 Å². The molecule has 0 atom stereocenters. The largest absolute Gasteiger partial charge is 0.494 e. The lowest BCUT2D eigenvalue weighted by molar-refractivity contribution is 0.0696. The second-order valence-electron chi connectivity index (χ2n) is 11.6. The molecule has 0 fully saturated rings. The molecule has 4 heteroatoms. The van der Waals surface area contributed by atoms with E-state index in [0.29, 0.717) is 12.2 Å². The molecular formula is C39H48O3P+. The van der Waals surface area contributed by atoms with Crippen LogP contribution in [0.4, 0.5) is 0 Å². The number of benzene rings is 4. The number of aromatic carboxylic acids is 1. The Morgan fingerprint density at radius 1 is 0.581 bits per heavy atom. The van der Waals surface area contributed by atoms with Crippen LogP contribution in [-0.4, -0.2) is 23.8 Å². The zero-order chi connectivity index (χ0) is 30.2. The van der Waals surface area contributed by atoms with Gasteiger partial charge in [0.2, 0.25) is 0 Å². The number of carbonyl (C=O) groups is 1. The van der Waals surface area contributed by atoms with Crippen LogP contribution in [0.2, 0.25) is 0 Å². The number of hydrogen-bond donors (Lipinski definition) is 1. The third-order valence-corrected chi connectivity index (χ3v) is 13.0. The van der Waals surface area contributed by atoms with E-state index >= 15 is 0 Å². The topological polar surface area (TPSA) is 46.5 Å². The molecule has 0 unspecified atom stereocenters. The third kappa shape index (κ3) is 9.54. The van der Waals surface area contributed by atoms with Gasteiger partial charge in [-0.25, -0.2) is 4.79 Å². The molecule has 0 radical (unpaired) electrons. The number of aryl methyl sites for hydroxylation is 1. The maximum absolute atomic E-state index is 11.1. The van der Waals surface area contributed by atoms with Gasteiger partial charge in [0.1, 0.15) is 28.9 Å². The highest BCUT2D eigenvalue weighted by Crippen LogP contribution is 2.56. The highest BCUT2D eigenvalue weighted by Gasteiger charge is 2.44. The first-order valence-corrected chi connectivity index (χ1v) is 18.1. The SMILES string of the molecule is Cc1cc(OCCCCCCCCCCCCC[P+](c2ccccc2)(c2ccccc2)c2ccccc2)ccc1C(=O)O. The van der Waals surface area contributed by atoms with Gasteiger partial charge in [-0.05, 0) is 86.3 Å². The van der Waals surface area contributed by atoms with Gasteiger partial charge >= 0.3 is 5.97 Å². The van der Waals surface area contributed by atoms with Crippen molar-refractivity contribution in [1.29, 1.82) is 0 Å². The van der Waals surface area contributed by atoms with Crippen molar-refractivity contribution < 1.29 is 14.6 Å². The van der Waals surface area contributed by atoms with E-state index in [9.17, 15) is 4.79 Å². The van der Waals surface area contributed by atoms with E-state index in [2.05, 4.69) is 91.0 Å². The van der Waals surface area contributed by atoms with Crippen LogP contribution in [0.1, 0.15) is 86.6 Å². The summed E-state index contributed by atoms with van der Waals surface area (Å²) in [5.74, 6) is -0.131. The van der Waals surface area contributed by atoms with Crippen LogP contribution in [0.25, 0.3) is 0 Å². The first kappa shape index (κ1) is 32.5. The monoisotopic (exact) mass is 595 g/mol. The van der Waals surface area contributed by atoms with Crippen LogP contribution in [0.15, 0.2) is 109 Å². The minimum atomic E-state index is -1.69. The number of carboxylic acid groups (broad SMARTS) is 1. The Kier molecular flexibility index (Phi) is 13.3. The molecule has 0 saturated carbocycles. The molecule has 4 rings (SSSR count). The summed E-state index contributed by atoms with van der Waals surface area (Å²) in [5.41, 5.74) is 1.08. The molecule has 0 aliphatic rings. The Morgan fingerprint density at radius 3 is 1.42 bits per heavy atom. The van der Waals surface area contributed by atoms with Crippen LogP contribution >= 0.6 is 7.26 Å². The minimum absolute atomic E-state index is 0.338. The molecule has 226 valence electrons. The number of hydrogen-bond acceptors (Lipinski definition) is 2. The molecule has 4 aromatic carbocycles. The summed E-state index contributed by atoms with van der Waals surface area (Å²) >= 11 is 0. The van der Waals surface area contributed by atoms with Gasteiger partial charge in [0.15, 0.2) is 0 Å². The van der Waals surface area contributed by atoms with Gasteiger partial charge in [-0.3, -0.25) is 0 Å². The van der Waals surface area contributed by atoms with Crippen molar-refractivity contribution in [3.8, 4) is 5.75 Å². The Hall–Kier alpha value is -3.42. The van der Waals surface area contributed by atoms with Crippen LogP contribution in [0, 0.1) is 6.92 Å². The van der Waals surface area contributed by atoms with E-state index in [0.717, 1.165) is 17.7 Å². The second kappa shape index (κ2) is 17.6. The van der Waals surface area contributed by atoms with Gasteiger partial charge in [-0.2, -0.15) is 0 Å². The predicted molar refractivity (Wildman–Crippen MR) is 184 cm³/mol. The van der Waals surface area contributed by atoms with Gasteiger partial charge in [-0.1, -0.05) is 106 Å². The lowest BCUT2D eigenvalue weighted by Gasteiger charge is -2.27. The van der Waals surface area contributed by atoms with Crippen molar-refractivity contribution in [2.24, 2.45) is 0 Å². The Labute approximate surface area is 259 Å². The molecule has 3 nitrogen and oxygen atoms in total. The van der Waals surface area contributed by atoms with Crippen LogP contribution in [0.5, 0.6) is 5.75 Å². The quantitative estimate of drug-likeness (QED) is 0.0868. The van der Waals surface area contributed by atoms with E-state index in [1.54, 1.807) is 12.1 Å². The van der Waals surface area contributed by atoms with Crippen molar-refractivity contribution >= 4 is 29.1 Å². The van der Waals surface area contributed by atoms with Crippen molar-refractivity contribution in [2.75, 3.05) is 12.8 Å². The average Bonchev–Trinajstić information content (AvgIpc) is 3.04. The zero-order valence-corrected chi connectivity index (χ0v) is 26.7. The highest BCUT2D eigenvalue weighted by molar-refractivity contribution is 7.95. The van der Waals surface area contributed by atoms with Crippen LogP contribution in [-0.2, 0) is 0 Å². The normalized spacial score (nSPS) is 11.4. The van der Waals surface area contributed by atoms with Gasteiger partial charge in [0.25, 0.3) is 0 Å². The summed E-state index contributed by atoms with van der Waals surface area (Å²) in [5, 5.41) is 13.6. The molecular weight excluding hydrogens is 547 g/mol. The second-order valence-corrected chi connectivity index (χ2v) is 15.2. The first-order valence-electron chi connectivity index (χ1n) is 16.1. The Morgan fingerprint density at radius 2 is 1.00 bits per heavy atom. The summed E-state index contributed by atoms with van der Waals surface area (Å²) in [7, 11) is -1.69. The molecule has 0 amide bonds. The fraction of sp³-hybridized carbons (Fsp3) is 0.359. The third-order valence-electron chi connectivity index (χ3n) is 8.43. The standard InChI is InChI=1S/C39H47O3P/c1-33-32-34(28-29-38(33)39(40)41)42-30-20-9-7-5-3-2-4-6-8-10-21-31-43(35-22-14-11-15-23-35,36-24-16-12-17-25-36)37-26-18-13-19-27-37/h11-19,22-29,32H,2-10,20-21,30-31H2,1H3/p+1. The van der Waals surface area contributed by atoms with Crippen molar-refractivity contribution in [3.63, 3.8) is 0 Å². The molecule has 1 N–H and O–H groups in total. The molecule has 0 aromatic heterocycles. The number of ether oxygens (including phenoxy) is 1. The fourth-order valence-corrected chi connectivity index (χ4v) is 10.5. The van der Waals surface area contributed by atoms with Gasteiger partial charge in [-0.15, -0.1) is 0 Å². The summed E-state index contributed by atoms with van der Waals surface area (Å²) < 4.78 is 5.82. The number of carboxylic acids is 1. The van der Waals surface area contributed by atoms with Gasteiger partial charge in [0.05, 0.1) is 18.3 Å². The lowest BCUT2D eigenvalue weighted by Crippen LogP contribution is -2.33. The molecule has 43 heavy (non-hydrogen) atoms. The molecule has 0 aliphatic carbocycles. The van der Waals surface area contributed by atoms with Crippen LogP contribution < -0.4 is 20.7 Å². The molecule has 0 spiro atoms. The maximum Gasteiger partial charge on any atom is 0.335 e. The smallest absolute Gasteiger partial charge is 0.335 e. The van der Waals surface area contributed by atoms with E-state index in [1.807, 2.05) is 13.0 Å². The van der Waals surface area contributed by atoms with Crippen LogP contribution in [0.3, 0.4) is 0 Å². The zero-order valence-electron chi connectivity index (χ0n) is 25.8. The lowest BCUT2D eigenvalue weighted by atomic mass is 10.1. The molecule has 0 saturated heterocycles. The van der Waals surface area contributed by atoms with E-state index in [4.69, 9.17) is 9.84 Å². The van der Waals surface area contributed by atoms with Crippen molar-refractivity contribution in [3.05, 3.63) is 120 Å². The fourth-order valence-electron chi connectivity index (χ4n) is 6.08. The molecule has 0 heterocycles. The summed E-state index contributed by atoms with van der Waals surface area (Å²) in [4.78, 5) is 11.1. The highest BCUT2D eigenvalue weighted by atomic mass is 31.2. The summed E-state index contributed by atoms with van der Waals surface area (Å²) in [6, 6.07) is 38.9. The van der Waals surface area contributed by atoms with E-state index in [-0.39, 0.29) is 0 Å². The Bertz CT molecular complexity index is 1260. The predicted octanol–water partition coefficient (Wildman–Crippen LogP) is 9.36. The van der Waals surface area contributed by atoms with E-state index in [1.165, 1.54) is 86.3 Å². The summed E-state index contributed by atoms with van der Waals surface area (Å²) in [6.45, 7) is 2.50. The number of rotatable bonds is 19. The maximum atomic E-state index is 11.1. The Balaban J connectivity index is 1.12. The summed E-state index contributed by atoms with van der Waals surface area (Å²) in [6.07, 6.45) is 15.2. The number of unbranched alkanes of at least 4 members (excludes halogenated alkanes) is 10. The molecule has 0 bridgehead atoms. The first-order chi connectivity index (χ1) is 21.1. The van der Waals surface area contributed by atoms with Crippen molar-refractivity contribution in [2.45, 2.75) is 77.6 Å². The van der Waals surface area contributed by atoms with Gasteiger partial charge in [0, 0.05) is 0 Å². The molecule has 4 aromatic rings.